The van der Waals surface area contributed by atoms with Gasteiger partial charge in [0.15, 0.2) is 0 Å². The van der Waals surface area contributed by atoms with Crippen LogP contribution in [0.1, 0.15) is 60.4 Å². The Kier molecular flexibility index (Phi) is 6.70. The van der Waals surface area contributed by atoms with Gasteiger partial charge in [-0.15, -0.1) is 22.7 Å². The number of hydrogen-bond donors (Lipinski definition) is 0. The Hall–Kier alpha value is -3.72. The summed E-state index contributed by atoms with van der Waals surface area (Å²) in [5, 5.41) is 0. The number of unbranched alkanes of at least 4 members (excludes halogenated alkanes) is 3. The van der Waals surface area contributed by atoms with Crippen LogP contribution in [0.15, 0.2) is 103 Å². The SMILES string of the molecule is CCCCCCc1ccc2c(c1)Cc1cc(-c3ccc(-c4ccc(-c5ccc6c(c5)Cc5ccccc5-6)s4)s3)ccc1-2. The lowest BCUT2D eigenvalue weighted by Gasteiger charge is -2.06. The maximum Gasteiger partial charge on any atom is 0.0449 e. The highest BCUT2D eigenvalue weighted by Crippen LogP contribution is 2.44. The van der Waals surface area contributed by atoms with Crippen LogP contribution < -0.4 is 0 Å². The van der Waals surface area contributed by atoms with E-state index in [0.29, 0.717) is 0 Å². The van der Waals surface area contributed by atoms with E-state index in [1.165, 1.54) is 113 Å². The van der Waals surface area contributed by atoms with Gasteiger partial charge in [-0.05, 0) is 123 Å². The Morgan fingerprint density at radius 1 is 0.476 bits per heavy atom. The van der Waals surface area contributed by atoms with E-state index in [-0.39, 0.29) is 0 Å². The molecule has 0 aliphatic heterocycles. The van der Waals surface area contributed by atoms with E-state index in [0.717, 1.165) is 12.8 Å². The molecule has 206 valence electrons. The predicted molar refractivity (Wildman–Crippen MR) is 183 cm³/mol. The smallest absolute Gasteiger partial charge is 0.0449 e. The highest BCUT2D eigenvalue weighted by molar-refractivity contribution is 7.25. The van der Waals surface area contributed by atoms with Crippen LogP contribution in [0.5, 0.6) is 0 Å². The molecule has 8 rings (SSSR count). The molecule has 6 aromatic rings. The average molecular weight is 579 g/mol. The second kappa shape index (κ2) is 10.8. The topological polar surface area (TPSA) is 0 Å². The molecule has 0 saturated carbocycles. The van der Waals surface area contributed by atoms with Crippen LogP contribution in [0.25, 0.3) is 52.9 Å². The van der Waals surface area contributed by atoms with E-state index in [1.807, 2.05) is 22.7 Å². The third-order valence-electron chi connectivity index (χ3n) is 9.08. The Morgan fingerprint density at radius 3 is 1.69 bits per heavy atom. The van der Waals surface area contributed by atoms with E-state index in [2.05, 4.69) is 110 Å². The van der Waals surface area contributed by atoms with E-state index in [9.17, 15) is 0 Å². The summed E-state index contributed by atoms with van der Waals surface area (Å²) in [4.78, 5) is 5.40. The number of fused-ring (bicyclic) bond motifs is 6. The number of rotatable bonds is 8. The molecule has 0 bridgehead atoms. The number of thiophene rings is 2. The molecular formula is C40H34S2. The summed E-state index contributed by atoms with van der Waals surface area (Å²) in [6.45, 7) is 2.28. The Labute approximate surface area is 257 Å². The molecule has 0 atom stereocenters. The minimum absolute atomic E-state index is 1.04. The summed E-state index contributed by atoms with van der Waals surface area (Å²) in [6.07, 6.45) is 8.60. The van der Waals surface area contributed by atoms with Gasteiger partial charge < -0.3 is 0 Å². The van der Waals surface area contributed by atoms with Crippen molar-refractivity contribution < 1.29 is 0 Å². The zero-order chi connectivity index (χ0) is 28.0. The van der Waals surface area contributed by atoms with Crippen molar-refractivity contribution in [2.24, 2.45) is 0 Å². The third-order valence-corrected chi connectivity index (χ3v) is 11.5. The van der Waals surface area contributed by atoms with Crippen molar-refractivity contribution in [2.75, 3.05) is 0 Å². The quantitative estimate of drug-likeness (QED) is 0.157. The first-order valence-corrected chi connectivity index (χ1v) is 17.0. The van der Waals surface area contributed by atoms with Gasteiger partial charge in [0.2, 0.25) is 0 Å². The molecule has 0 nitrogen and oxygen atoms in total. The van der Waals surface area contributed by atoms with Gasteiger partial charge in [0.1, 0.15) is 0 Å². The van der Waals surface area contributed by atoms with Gasteiger partial charge in [0, 0.05) is 19.5 Å². The first kappa shape index (κ1) is 25.9. The van der Waals surface area contributed by atoms with Gasteiger partial charge in [-0.25, -0.2) is 0 Å². The molecule has 42 heavy (non-hydrogen) atoms. The molecule has 0 spiro atoms. The average Bonchev–Trinajstić information content (AvgIpc) is 3.82. The molecule has 2 aliphatic rings. The lowest BCUT2D eigenvalue weighted by atomic mass is 10.00. The van der Waals surface area contributed by atoms with Gasteiger partial charge in [-0.1, -0.05) is 92.9 Å². The summed E-state index contributed by atoms with van der Waals surface area (Å²) in [5.74, 6) is 0. The van der Waals surface area contributed by atoms with E-state index >= 15 is 0 Å². The highest BCUT2D eigenvalue weighted by atomic mass is 32.1. The van der Waals surface area contributed by atoms with Crippen LogP contribution >= 0.6 is 22.7 Å². The second-order valence-electron chi connectivity index (χ2n) is 11.9. The molecule has 0 N–H and O–H groups in total. The number of benzene rings is 4. The van der Waals surface area contributed by atoms with Crippen LogP contribution in [-0.4, -0.2) is 0 Å². The van der Waals surface area contributed by atoms with Gasteiger partial charge in [0.25, 0.3) is 0 Å². The first-order chi connectivity index (χ1) is 20.7. The molecular weight excluding hydrogens is 545 g/mol. The van der Waals surface area contributed by atoms with Gasteiger partial charge >= 0.3 is 0 Å². The van der Waals surface area contributed by atoms with Crippen molar-refractivity contribution in [1.82, 2.24) is 0 Å². The summed E-state index contributed by atoms with van der Waals surface area (Å²) >= 11 is 3.82. The molecule has 0 unspecified atom stereocenters. The summed E-state index contributed by atoms with van der Waals surface area (Å²) < 4.78 is 0. The molecule has 2 aromatic heterocycles. The van der Waals surface area contributed by atoms with E-state index in [4.69, 9.17) is 0 Å². The van der Waals surface area contributed by atoms with Crippen molar-refractivity contribution in [3.05, 3.63) is 131 Å². The number of hydrogen-bond acceptors (Lipinski definition) is 2. The minimum Gasteiger partial charge on any atom is -0.134 e. The zero-order valence-electron chi connectivity index (χ0n) is 24.1. The monoisotopic (exact) mass is 578 g/mol. The molecule has 2 heterocycles. The zero-order valence-corrected chi connectivity index (χ0v) is 25.7. The summed E-state index contributed by atoms with van der Waals surface area (Å²) in [6, 6.07) is 39.4. The molecule has 0 fully saturated rings. The molecule has 0 amide bonds. The maximum absolute atomic E-state index is 2.47. The van der Waals surface area contributed by atoms with E-state index < -0.39 is 0 Å². The van der Waals surface area contributed by atoms with Gasteiger partial charge in [-0.3, -0.25) is 0 Å². The van der Waals surface area contributed by atoms with Crippen molar-refractivity contribution in [1.29, 1.82) is 0 Å². The summed E-state index contributed by atoms with van der Waals surface area (Å²) in [7, 11) is 0. The molecule has 2 aliphatic carbocycles. The van der Waals surface area contributed by atoms with Crippen LogP contribution in [0.4, 0.5) is 0 Å². The lowest BCUT2D eigenvalue weighted by molar-refractivity contribution is 0.667. The normalized spacial score (nSPS) is 12.7. The fraction of sp³-hybridized carbons (Fsp3) is 0.200. The van der Waals surface area contributed by atoms with Crippen molar-refractivity contribution in [3.8, 4) is 52.9 Å². The standard InChI is InChI=1S/C40H34S2/c1-2-3-4-5-8-26-11-14-34-30(21-26)25-32-24-29(13-16-36(32)34)38-18-20-40(42-38)39-19-17-37(41-39)28-12-15-35-31(23-28)22-27-9-6-7-10-33(27)35/h6-7,9-21,23-24H,2-5,8,22,25H2,1H3. The first-order valence-electron chi connectivity index (χ1n) is 15.4. The van der Waals surface area contributed by atoms with Crippen LogP contribution in [0, 0.1) is 0 Å². The maximum atomic E-state index is 2.47. The van der Waals surface area contributed by atoms with Crippen molar-refractivity contribution >= 4 is 22.7 Å². The lowest BCUT2D eigenvalue weighted by Crippen LogP contribution is -1.89. The Morgan fingerprint density at radius 2 is 1.02 bits per heavy atom. The second-order valence-corrected chi connectivity index (χ2v) is 14.1. The third kappa shape index (κ3) is 4.68. The fourth-order valence-corrected chi connectivity index (χ4v) is 8.97. The molecule has 4 aromatic carbocycles. The van der Waals surface area contributed by atoms with Crippen molar-refractivity contribution in [2.45, 2.75) is 51.9 Å². The molecule has 0 saturated heterocycles. The summed E-state index contributed by atoms with van der Waals surface area (Å²) in [5.41, 5.74) is 15.7. The molecule has 2 heteroatoms. The van der Waals surface area contributed by atoms with Gasteiger partial charge in [-0.2, -0.15) is 0 Å². The van der Waals surface area contributed by atoms with Crippen LogP contribution in [-0.2, 0) is 19.3 Å². The Bertz CT molecular complexity index is 1930. The van der Waals surface area contributed by atoms with Crippen molar-refractivity contribution in [3.63, 3.8) is 0 Å². The largest absolute Gasteiger partial charge is 0.134 e. The fourth-order valence-electron chi connectivity index (χ4n) is 6.88. The van der Waals surface area contributed by atoms with Crippen LogP contribution in [0.3, 0.4) is 0 Å². The number of aryl methyl sites for hydroxylation is 1. The van der Waals surface area contributed by atoms with Gasteiger partial charge in [0.05, 0.1) is 0 Å². The molecule has 0 radical (unpaired) electrons. The van der Waals surface area contributed by atoms with Crippen LogP contribution in [0.2, 0.25) is 0 Å². The minimum atomic E-state index is 1.04. The van der Waals surface area contributed by atoms with E-state index in [1.54, 1.807) is 0 Å². The highest BCUT2D eigenvalue weighted by Gasteiger charge is 2.21. The Balaban J connectivity index is 0.997. The predicted octanol–water partition coefficient (Wildman–Crippen LogP) is 12.1.